The number of aliphatic carboxylic acids is 1. The number of nitrogens with one attached hydrogen (secondary N) is 1. The quantitative estimate of drug-likeness (QED) is 0.662. The van der Waals surface area contributed by atoms with Crippen LogP contribution in [0.15, 0.2) is 16.1 Å². The van der Waals surface area contributed by atoms with Gasteiger partial charge in [0.1, 0.15) is 5.56 Å². The highest BCUT2D eigenvalue weighted by molar-refractivity contribution is 7.99. The summed E-state index contributed by atoms with van der Waals surface area (Å²) in [5.74, 6) is 0.231. The van der Waals surface area contributed by atoms with Crippen molar-refractivity contribution in [1.82, 2.24) is 19.8 Å². The molecular weight excluding hydrogens is 356 g/mol. The maximum absolute atomic E-state index is 12.4. The normalized spacial score (nSPS) is 24.2. The van der Waals surface area contributed by atoms with E-state index in [4.69, 9.17) is 5.11 Å². The predicted octanol–water partition coefficient (Wildman–Crippen LogP) is 0.406. The van der Waals surface area contributed by atoms with E-state index in [0.717, 1.165) is 25.1 Å². The van der Waals surface area contributed by atoms with Crippen molar-refractivity contribution in [3.8, 4) is 0 Å². The Morgan fingerprint density at radius 3 is 2.85 bits per heavy atom. The number of rotatable bonds is 7. The number of nitrogens with zero attached hydrogens (tertiary/aromatic N) is 3. The molecule has 9 heteroatoms. The lowest BCUT2D eigenvalue weighted by Gasteiger charge is -2.42. The molecule has 0 bridgehead atoms. The third-order valence-corrected chi connectivity index (χ3v) is 6.26. The van der Waals surface area contributed by atoms with E-state index >= 15 is 0 Å². The van der Waals surface area contributed by atoms with Crippen molar-refractivity contribution in [3.63, 3.8) is 0 Å². The summed E-state index contributed by atoms with van der Waals surface area (Å²) in [5.41, 5.74) is -0.199. The standard InChI is InChI=1S/C17H22N4O4S/c22-14(23)9-20(8-10-1-2-10)12-5-11(6-12)19-15(24)13-7-18-17-21(16(13)25)3-4-26-17/h7,10-12H,1-6,8-9H2,(H,19,24)(H,22,23). The van der Waals surface area contributed by atoms with Gasteiger partial charge in [0.15, 0.2) is 5.16 Å². The number of carboxylic acids is 1. The Bertz CT molecular complexity index is 785. The molecule has 1 aliphatic heterocycles. The Balaban J connectivity index is 1.34. The minimum Gasteiger partial charge on any atom is -0.480 e. The van der Waals surface area contributed by atoms with Gasteiger partial charge in [-0.2, -0.15) is 0 Å². The molecule has 8 nitrogen and oxygen atoms in total. The molecule has 0 saturated heterocycles. The van der Waals surface area contributed by atoms with Crippen LogP contribution in [0.25, 0.3) is 0 Å². The van der Waals surface area contributed by atoms with Gasteiger partial charge in [0, 0.05) is 37.1 Å². The van der Waals surface area contributed by atoms with Crippen molar-refractivity contribution in [1.29, 1.82) is 0 Å². The van der Waals surface area contributed by atoms with Crippen LogP contribution in [-0.2, 0) is 11.3 Å². The zero-order chi connectivity index (χ0) is 18.3. The minimum atomic E-state index is -0.812. The molecule has 0 unspecified atom stereocenters. The SMILES string of the molecule is O=C(O)CN(CC1CC1)C1CC(NC(=O)c2cnc3n(c2=O)CCS3)C1. The summed E-state index contributed by atoms with van der Waals surface area (Å²) in [7, 11) is 0. The van der Waals surface area contributed by atoms with E-state index in [1.54, 1.807) is 4.57 Å². The van der Waals surface area contributed by atoms with Crippen molar-refractivity contribution >= 4 is 23.6 Å². The maximum Gasteiger partial charge on any atom is 0.317 e. The number of hydrogen-bond donors (Lipinski definition) is 2. The molecule has 2 heterocycles. The van der Waals surface area contributed by atoms with Crippen LogP contribution in [0.2, 0.25) is 0 Å². The first-order valence-electron chi connectivity index (χ1n) is 9.00. The Morgan fingerprint density at radius 2 is 2.15 bits per heavy atom. The average Bonchev–Trinajstić information content (AvgIpc) is 3.22. The van der Waals surface area contributed by atoms with Crippen molar-refractivity contribution in [2.45, 2.75) is 49.5 Å². The van der Waals surface area contributed by atoms with Gasteiger partial charge in [-0.15, -0.1) is 0 Å². The molecule has 0 spiro atoms. The molecule has 0 radical (unpaired) electrons. The van der Waals surface area contributed by atoms with Gasteiger partial charge in [0.05, 0.1) is 6.54 Å². The second-order valence-electron chi connectivity index (χ2n) is 7.32. The van der Waals surface area contributed by atoms with Gasteiger partial charge in [0.25, 0.3) is 11.5 Å². The molecule has 1 aromatic heterocycles. The Hall–Kier alpha value is -1.87. The van der Waals surface area contributed by atoms with E-state index in [1.165, 1.54) is 30.8 Å². The Kier molecular flexibility index (Phi) is 4.74. The van der Waals surface area contributed by atoms with Crippen LogP contribution >= 0.6 is 11.8 Å². The first-order chi connectivity index (χ1) is 12.5. The number of carbonyl (C=O) groups excluding carboxylic acids is 1. The topological polar surface area (TPSA) is 105 Å². The molecule has 2 N–H and O–H groups in total. The fraction of sp³-hybridized carbons (Fsp3) is 0.647. The summed E-state index contributed by atoms with van der Waals surface area (Å²) in [4.78, 5) is 42.1. The summed E-state index contributed by atoms with van der Waals surface area (Å²) in [6.45, 7) is 1.46. The lowest BCUT2D eigenvalue weighted by molar-refractivity contribution is -0.139. The largest absolute Gasteiger partial charge is 0.480 e. The fourth-order valence-corrected chi connectivity index (χ4v) is 4.50. The van der Waals surface area contributed by atoms with Crippen LogP contribution in [0.5, 0.6) is 0 Å². The van der Waals surface area contributed by atoms with Crippen LogP contribution < -0.4 is 10.9 Å². The van der Waals surface area contributed by atoms with Gasteiger partial charge >= 0.3 is 5.97 Å². The smallest absolute Gasteiger partial charge is 0.317 e. The number of amides is 1. The first kappa shape index (κ1) is 17.5. The van der Waals surface area contributed by atoms with Gasteiger partial charge in [-0.1, -0.05) is 11.8 Å². The highest BCUT2D eigenvalue weighted by Gasteiger charge is 2.38. The highest BCUT2D eigenvalue weighted by Crippen LogP contribution is 2.33. The Labute approximate surface area is 155 Å². The maximum atomic E-state index is 12.4. The van der Waals surface area contributed by atoms with Crippen molar-refractivity contribution in [2.75, 3.05) is 18.8 Å². The van der Waals surface area contributed by atoms with Crippen LogP contribution in [-0.4, -0.2) is 62.4 Å². The summed E-state index contributed by atoms with van der Waals surface area (Å²) in [6.07, 6.45) is 5.16. The van der Waals surface area contributed by atoms with E-state index in [1.807, 2.05) is 4.90 Å². The second kappa shape index (κ2) is 7.03. The van der Waals surface area contributed by atoms with E-state index in [0.29, 0.717) is 17.6 Å². The van der Waals surface area contributed by atoms with Crippen LogP contribution in [0.4, 0.5) is 0 Å². The molecule has 0 atom stereocenters. The van der Waals surface area contributed by atoms with E-state index in [-0.39, 0.29) is 35.7 Å². The second-order valence-corrected chi connectivity index (χ2v) is 8.38. The molecule has 140 valence electrons. The number of aromatic nitrogens is 2. The molecular formula is C17H22N4O4S. The lowest BCUT2D eigenvalue weighted by atomic mass is 9.85. The van der Waals surface area contributed by atoms with E-state index in [9.17, 15) is 14.4 Å². The van der Waals surface area contributed by atoms with Gasteiger partial charge in [-0.3, -0.25) is 23.9 Å². The van der Waals surface area contributed by atoms with Gasteiger partial charge in [-0.25, -0.2) is 4.98 Å². The van der Waals surface area contributed by atoms with Crippen LogP contribution in [0.3, 0.4) is 0 Å². The zero-order valence-electron chi connectivity index (χ0n) is 14.4. The summed E-state index contributed by atoms with van der Waals surface area (Å²) < 4.78 is 1.55. The van der Waals surface area contributed by atoms with Crippen molar-refractivity contribution in [3.05, 3.63) is 22.1 Å². The molecule has 1 amide bonds. The monoisotopic (exact) mass is 378 g/mol. The van der Waals surface area contributed by atoms with Gasteiger partial charge in [0.2, 0.25) is 0 Å². The van der Waals surface area contributed by atoms with Crippen molar-refractivity contribution < 1.29 is 14.7 Å². The van der Waals surface area contributed by atoms with E-state index in [2.05, 4.69) is 10.3 Å². The van der Waals surface area contributed by atoms with Gasteiger partial charge < -0.3 is 10.4 Å². The van der Waals surface area contributed by atoms with Crippen LogP contribution in [0.1, 0.15) is 36.0 Å². The molecule has 2 fully saturated rings. The number of carboxylic acid groups (broad SMARTS) is 1. The predicted molar refractivity (Wildman–Crippen MR) is 95.4 cm³/mol. The highest BCUT2D eigenvalue weighted by atomic mass is 32.2. The minimum absolute atomic E-state index is 0.0185. The Morgan fingerprint density at radius 1 is 1.38 bits per heavy atom. The lowest BCUT2D eigenvalue weighted by Crippen LogP contribution is -2.55. The number of hydrogen-bond acceptors (Lipinski definition) is 6. The molecule has 1 aromatic rings. The number of thioether (sulfide) groups is 1. The van der Waals surface area contributed by atoms with Crippen molar-refractivity contribution in [2.24, 2.45) is 5.92 Å². The number of carbonyl (C=O) groups is 2. The molecule has 3 aliphatic rings. The third-order valence-electron chi connectivity index (χ3n) is 5.29. The van der Waals surface area contributed by atoms with Gasteiger partial charge in [-0.05, 0) is 31.6 Å². The zero-order valence-corrected chi connectivity index (χ0v) is 15.2. The first-order valence-corrected chi connectivity index (χ1v) is 9.99. The summed E-state index contributed by atoms with van der Waals surface area (Å²) in [6, 6.07) is 0.169. The molecule has 2 saturated carbocycles. The summed E-state index contributed by atoms with van der Waals surface area (Å²) >= 11 is 1.52. The number of fused-ring (bicyclic) bond motifs is 1. The van der Waals surface area contributed by atoms with E-state index < -0.39 is 5.97 Å². The molecule has 2 aliphatic carbocycles. The molecule has 0 aromatic carbocycles. The fourth-order valence-electron chi connectivity index (χ4n) is 3.59. The summed E-state index contributed by atoms with van der Waals surface area (Å²) in [5, 5.41) is 12.7. The molecule has 26 heavy (non-hydrogen) atoms. The van der Waals surface area contributed by atoms with Crippen LogP contribution in [0, 0.1) is 5.92 Å². The third kappa shape index (κ3) is 3.64. The average molecular weight is 378 g/mol. The molecule has 4 rings (SSSR count).